The Bertz CT molecular complexity index is 1210. The lowest BCUT2D eigenvalue weighted by Crippen LogP contribution is -2.25. The summed E-state index contributed by atoms with van der Waals surface area (Å²) >= 11 is 0. The molecule has 4 aromatic heterocycles. The fraction of sp³-hybridized carbons (Fsp3) is 0.409. The molecule has 144 valence electrons. The topological polar surface area (TPSA) is 57.6 Å². The first kappa shape index (κ1) is 17.2. The largest absolute Gasteiger partial charge is 0.343 e. The van der Waals surface area contributed by atoms with E-state index in [1.165, 1.54) is 5.52 Å². The van der Waals surface area contributed by atoms with Gasteiger partial charge in [0.2, 0.25) is 0 Å². The highest BCUT2D eigenvalue weighted by Crippen LogP contribution is 2.36. The normalized spacial score (nSPS) is 14.5. The number of fused-ring (bicyclic) bond motifs is 2. The third-order valence-corrected chi connectivity index (χ3v) is 5.71. The summed E-state index contributed by atoms with van der Waals surface area (Å²) in [6.07, 6.45) is 10.6. The molecule has 6 nitrogen and oxygen atoms in total. The van der Waals surface area contributed by atoms with Crippen LogP contribution in [0, 0.1) is 5.92 Å². The predicted molar refractivity (Wildman–Crippen MR) is 111 cm³/mol. The van der Waals surface area contributed by atoms with Crippen molar-refractivity contribution in [3.63, 3.8) is 0 Å². The van der Waals surface area contributed by atoms with Crippen molar-refractivity contribution in [1.82, 2.24) is 23.7 Å². The average molecular weight is 375 g/mol. The third kappa shape index (κ3) is 2.84. The number of hydrogen-bond acceptors (Lipinski definition) is 3. The standard InChI is InChI=1S/C22H25N5O/c1-15(2)7-10-25-18(11-16-12-23-8-5-19(16)25)14-26-21-13-24-9-6-20(21)27(22(26)28)17-3-4-17/h5-6,8-9,11-13,15,17H,3-4,7,10,14H2,1-2H3. The monoisotopic (exact) mass is 375 g/mol. The lowest BCUT2D eigenvalue weighted by atomic mass is 10.1. The van der Waals surface area contributed by atoms with Gasteiger partial charge in [0.1, 0.15) is 0 Å². The maximum atomic E-state index is 13.2. The molecular weight excluding hydrogens is 350 g/mol. The van der Waals surface area contributed by atoms with Crippen LogP contribution in [-0.2, 0) is 13.1 Å². The van der Waals surface area contributed by atoms with Crippen molar-refractivity contribution in [2.24, 2.45) is 5.92 Å². The summed E-state index contributed by atoms with van der Waals surface area (Å²) in [4.78, 5) is 21.8. The van der Waals surface area contributed by atoms with E-state index in [0.29, 0.717) is 18.5 Å². The van der Waals surface area contributed by atoms with Crippen molar-refractivity contribution in [3.05, 3.63) is 59.2 Å². The highest BCUT2D eigenvalue weighted by atomic mass is 16.1. The van der Waals surface area contributed by atoms with Gasteiger partial charge in [-0.15, -0.1) is 0 Å². The van der Waals surface area contributed by atoms with Crippen LogP contribution in [0.1, 0.15) is 44.8 Å². The summed E-state index contributed by atoms with van der Waals surface area (Å²) in [7, 11) is 0. The Morgan fingerprint density at radius 2 is 1.79 bits per heavy atom. The highest BCUT2D eigenvalue weighted by Gasteiger charge is 2.29. The van der Waals surface area contributed by atoms with E-state index >= 15 is 0 Å². The van der Waals surface area contributed by atoms with Crippen LogP contribution in [-0.4, -0.2) is 23.7 Å². The lowest BCUT2D eigenvalue weighted by Gasteiger charge is -2.13. The molecule has 28 heavy (non-hydrogen) atoms. The second-order valence-corrected chi connectivity index (χ2v) is 8.24. The smallest absolute Gasteiger partial charge is 0.329 e. The number of hydrogen-bond donors (Lipinski definition) is 0. The van der Waals surface area contributed by atoms with Gasteiger partial charge >= 0.3 is 5.69 Å². The maximum absolute atomic E-state index is 13.2. The fourth-order valence-corrected chi connectivity index (χ4v) is 4.08. The molecule has 5 rings (SSSR count). The van der Waals surface area contributed by atoms with Gasteiger partial charge < -0.3 is 4.57 Å². The fourth-order valence-electron chi connectivity index (χ4n) is 4.08. The molecule has 1 fully saturated rings. The molecule has 0 amide bonds. The van der Waals surface area contributed by atoms with Gasteiger partial charge in [0.15, 0.2) is 0 Å². The van der Waals surface area contributed by atoms with Gasteiger partial charge in [0, 0.05) is 42.3 Å². The molecule has 0 radical (unpaired) electrons. The first-order valence-electron chi connectivity index (χ1n) is 10.1. The quantitative estimate of drug-likeness (QED) is 0.512. The molecule has 0 bridgehead atoms. The molecule has 0 aliphatic heterocycles. The number of pyridine rings is 2. The molecule has 0 aromatic carbocycles. The van der Waals surface area contributed by atoms with E-state index in [4.69, 9.17) is 0 Å². The number of imidazole rings is 1. The van der Waals surface area contributed by atoms with E-state index in [1.54, 1.807) is 6.20 Å². The first-order chi connectivity index (χ1) is 13.6. The van der Waals surface area contributed by atoms with E-state index in [9.17, 15) is 4.79 Å². The van der Waals surface area contributed by atoms with Crippen molar-refractivity contribution in [1.29, 1.82) is 0 Å². The summed E-state index contributed by atoms with van der Waals surface area (Å²) in [5.41, 5.74) is 4.31. The summed E-state index contributed by atoms with van der Waals surface area (Å²) in [6.45, 7) is 5.97. The van der Waals surface area contributed by atoms with Crippen molar-refractivity contribution >= 4 is 21.9 Å². The highest BCUT2D eigenvalue weighted by molar-refractivity contribution is 5.80. The van der Waals surface area contributed by atoms with E-state index in [1.807, 2.05) is 33.8 Å². The lowest BCUT2D eigenvalue weighted by molar-refractivity contribution is 0.511. The Balaban J connectivity index is 1.64. The zero-order chi connectivity index (χ0) is 19.3. The first-order valence-corrected chi connectivity index (χ1v) is 10.1. The summed E-state index contributed by atoms with van der Waals surface area (Å²) in [6, 6.07) is 6.54. The summed E-state index contributed by atoms with van der Waals surface area (Å²) in [5, 5.41) is 1.12. The number of rotatable bonds is 6. The van der Waals surface area contributed by atoms with Crippen molar-refractivity contribution < 1.29 is 0 Å². The average Bonchev–Trinajstić information content (AvgIpc) is 3.40. The molecule has 6 heteroatoms. The number of aryl methyl sites for hydroxylation is 1. The molecule has 1 saturated carbocycles. The van der Waals surface area contributed by atoms with E-state index < -0.39 is 0 Å². The molecular formula is C22H25N5O. The molecule has 4 aromatic rings. The molecule has 4 heterocycles. The minimum Gasteiger partial charge on any atom is -0.343 e. The third-order valence-electron chi connectivity index (χ3n) is 5.71. The van der Waals surface area contributed by atoms with Crippen molar-refractivity contribution in [3.8, 4) is 0 Å². The molecule has 1 aliphatic carbocycles. The second-order valence-electron chi connectivity index (χ2n) is 8.24. The predicted octanol–water partition coefficient (Wildman–Crippen LogP) is 3.98. The Labute approximate surface area is 163 Å². The van der Waals surface area contributed by atoms with E-state index in [0.717, 1.165) is 47.9 Å². The van der Waals surface area contributed by atoms with Crippen LogP contribution in [0.15, 0.2) is 47.8 Å². The van der Waals surface area contributed by atoms with Crippen LogP contribution in [0.5, 0.6) is 0 Å². The molecule has 0 N–H and O–H groups in total. The SMILES string of the molecule is CC(C)CCn1c(Cn2c(=O)n(C3CC3)c3ccncc32)cc2cnccc21. The maximum Gasteiger partial charge on any atom is 0.329 e. The summed E-state index contributed by atoms with van der Waals surface area (Å²) < 4.78 is 6.19. The summed E-state index contributed by atoms with van der Waals surface area (Å²) in [5.74, 6) is 0.621. The van der Waals surface area contributed by atoms with Gasteiger partial charge in [-0.3, -0.25) is 19.1 Å². The Hall–Kier alpha value is -2.89. The van der Waals surface area contributed by atoms with Crippen LogP contribution in [0.4, 0.5) is 0 Å². The van der Waals surface area contributed by atoms with Gasteiger partial charge in [-0.05, 0) is 43.4 Å². The van der Waals surface area contributed by atoms with Gasteiger partial charge in [0.25, 0.3) is 0 Å². The van der Waals surface area contributed by atoms with Crippen LogP contribution < -0.4 is 5.69 Å². The van der Waals surface area contributed by atoms with Crippen LogP contribution in [0.25, 0.3) is 21.9 Å². The van der Waals surface area contributed by atoms with Crippen molar-refractivity contribution in [2.45, 2.75) is 52.2 Å². The second kappa shape index (κ2) is 6.62. The Morgan fingerprint density at radius 3 is 2.54 bits per heavy atom. The molecule has 0 spiro atoms. The molecule has 1 aliphatic rings. The van der Waals surface area contributed by atoms with Crippen LogP contribution >= 0.6 is 0 Å². The number of aromatic nitrogens is 5. The van der Waals surface area contributed by atoms with Crippen LogP contribution in [0.2, 0.25) is 0 Å². The van der Waals surface area contributed by atoms with E-state index in [2.05, 4.69) is 40.5 Å². The van der Waals surface area contributed by atoms with Gasteiger partial charge in [0.05, 0.1) is 29.3 Å². The molecule has 0 saturated heterocycles. The van der Waals surface area contributed by atoms with Crippen molar-refractivity contribution in [2.75, 3.05) is 0 Å². The van der Waals surface area contributed by atoms with Crippen LogP contribution in [0.3, 0.4) is 0 Å². The van der Waals surface area contributed by atoms with Gasteiger partial charge in [-0.25, -0.2) is 4.79 Å². The zero-order valence-electron chi connectivity index (χ0n) is 16.4. The van der Waals surface area contributed by atoms with Gasteiger partial charge in [-0.1, -0.05) is 13.8 Å². The minimum absolute atomic E-state index is 0.0734. The Kier molecular flexibility index (Phi) is 4.07. The molecule has 0 atom stereocenters. The Morgan fingerprint density at radius 1 is 1.04 bits per heavy atom. The molecule has 0 unspecified atom stereocenters. The minimum atomic E-state index is 0.0734. The number of nitrogens with zero attached hydrogens (tertiary/aromatic N) is 5. The van der Waals surface area contributed by atoms with Gasteiger partial charge in [-0.2, -0.15) is 0 Å². The zero-order valence-corrected chi connectivity index (χ0v) is 16.4. The van der Waals surface area contributed by atoms with E-state index in [-0.39, 0.29) is 5.69 Å².